The Kier molecular flexibility index (Phi) is 8.10. The van der Waals surface area contributed by atoms with E-state index >= 15 is 0 Å². The number of pyridine rings is 1. The van der Waals surface area contributed by atoms with E-state index in [2.05, 4.69) is 15.7 Å². The van der Waals surface area contributed by atoms with Crippen molar-refractivity contribution in [3.63, 3.8) is 0 Å². The van der Waals surface area contributed by atoms with Gasteiger partial charge in [0, 0.05) is 40.0 Å². The number of carbonyl (C=O) groups excluding carboxylic acids is 2. The topological polar surface area (TPSA) is 75.2 Å². The number of hydrogen-bond acceptors (Lipinski definition) is 5. The Bertz CT molecular complexity index is 1270. The van der Waals surface area contributed by atoms with Crippen LogP contribution in [0.1, 0.15) is 76.3 Å². The highest BCUT2D eigenvalue weighted by atomic mass is 35.5. The number of rotatable bonds is 7. The molecule has 6 nitrogen and oxygen atoms in total. The van der Waals surface area contributed by atoms with E-state index in [-0.39, 0.29) is 29.7 Å². The Morgan fingerprint density at radius 1 is 1.16 bits per heavy atom. The van der Waals surface area contributed by atoms with Crippen LogP contribution in [-0.4, -0.2) is 39.3 Å². The fourth-order valence-corrected chi connectivity index (χ4v) is 6.84. The summed E-state index contributed by atoms with van der Waals surface area (Å²) in [6.45, 7) is 4.65. The summed E-state index contributed by atoms with van der Waals surface area (Å²) in [4.78, 5) is 38.4. The van der Waals surface area contributed by atoms with Crippen LogP contribution in [-0.2, 0) is 9.59 Å². The van der Waals surface area contributed by atoms with E-state index in [1.54, 1.807) is 17.5 Å². The lowest BCUT2D eigenvalue weighted by atomic mass is 9.83. The molecule has 1 aliphatic carbocycles. The second-order valence-corrected chi connectivity index (χ2v) is 11.8. The zero-order valence-corrected chi connectivity index (χ0v) is 23.2. The van der Waals surface area contributed by atoms with Gasteiger partial charge in [0.1, 0.15) is 11.0 Å². The minimum atomic E-state index is -0.448. The van der Waals surface area contributed by atoms with E-state index in [1.165, 1.54) is 6.42 Å². The first-order chi connectivity index (χ1) is 18.0. The predicted octanol–water partition coefficient (Wildman–Crippen LogP) is 6.79. The van der Waals surface area contributed by atoms with E-state index in [0.717, 1.165) is 72.1 Å². The highest BCUT2D eigenvalue weighted by molar-refractivity contribution is 7.10. The largest absolute Gasteiger partial charge is 0.344 e. The van der Waals surface area contributed by atoms with E-state index in [0.29, 0.717) is 11.6 Å². The lowest BCUT2D eigenvalue weighted by Gasteiger charge is -2.35. The molecule has 1 saturated carbocycles. The van der Waals surface area contributed by atoms with E-state index < -0.39 is 6.04 Å². The fourth-order valence-electron chi connectivity index (χ4n) is 5.70. The molecule has 196 valence electrons. The van der Waals surface area contributed by atoms with Gasteiger partial charge in [-0.1, -0.05) is 50.8 Å². The number of halogens is 1. The molecule has 2 aromatic heterocycles. The lowest BCUT2D eigenvalue weighted by molar-refractivity contribution is -0.140. The summed E-state index contributed by atoms with van der Waals surface area (Å²) in [5.74, 6) is 0.160. The predicted molar refractivity (Wildman–Crippen MR) is 150 cm³/mol. The average molecular weight is 539 g/mol. The van der Waals surface area contributed by atoms with Gasteiger partial charge in [-0.3, -0.25) is 14.6 Å². The molecule has 2 amide bonds. The number of aromatic nitrogens is 2. The van der Waals surface area contributed by atoms with Gasteiger partial charge < -0.3 is 10.2 Å². The molecular formula is C29H35ClN4O2S. The first kappa shape index (κ1) is 26.1. The van der Waals surface area contributed by atoms with E-state index in [4.69, 9.17) is 16.6 Å². The monoisotopic (exact) mass is 538 g/mol. The maximum Gasteiger partial charge on any atom is 0.246 e. The van der Waals surface area contributed by atoms with Gasteiger partial charge in [-0.15, -0.1) is 11.3 Å². The third-order valence-electron chi connectivity index (χ3n) is 8.07. The second-order valence-electron chi connectivity index (χ2n) is 10.5. The van der Waals surface area contributed by atoms with Crippen LogP contribution in [0.3, 0.4) is 0 Å². The van der Waals surface area contributed by atoms with E-state index in [9.17, 15) is 9.59 Å². The third-order valence-corrected chi connectivity index (χ3v) is 9.25. The number of nitrogens with zero attached hydrogens (tertiary/aromatic N) is 3. The lowest BCUT2D eigenvalue weighted by Crippen LogP contribution is -2.53. The Balaban J connectivity index is 1.40. The van der Waals surface area contributed by atoms with Crippen molar-refractivity contribution in [2.75, 3.05) is 6.54 Å². The zero-order valence-electron chi connectivity index (χ0n) is 21.6. The van der Waals surface area contributed by atoms with Crippen LogP contribution in [0, 0.1) is 11.8 Å². The number of benzene rings is 1. The van der Waals surface area contributed by atoms with Gasteiger partial charge in [-0.25, -0.2) is 4.98 Å². The van der Waals surface area contributed by atoms with Crippen molar-refractivity contribution in [3.05, 3.63) is 45.9 Å². The first-order valence-corrected chi connectivity index (χ1v) is 14.8. The molecule has 1 aromatic carbocycles. The van der Waals surface area contributed by atoms with Gasteiger partial charge in [0.2, 0.25) is 11.8 Å². The summed E-state index contributed by atoms with van der Waals surface area (Å²) in [6, 6.07) is 7.20. The Morgan fingerprint density at radius 2 is 1.97 bits per heavy atom. The van der Waals surface area contributed by atoms with Crippen LogP contribution in [0.25, 0.3) is 22.2 Å². The molecule has 3 heterocycles. The third kappa shape index (κ3) is 5.53. The summed E-state index contributed by atoms with van der Waals surface area (Å²) >= 11 is 7.78. The normalized spacial score (nSPS) is 20.2. The summed E-state index contributed by atoms with van der Waals surface area (Å²) < 4.78 is 0. The number of carbonyl (C=O) groups is 2. The molecule has 1 N–H and O–H groups in total. The highest BCUT2D eigenvalue weighted by Crippen LogP contribution is 2.38. The quantitative estimate of drug-likeness (QED) is 0.359. The molecule has 0 unspecified atom stereocenters. The number of thiazole rings is 1. The number of fused-ring (bicyclic) bond motifs is 1. The van der Waals surface area contributed by atoms with Gasteiger partial charge in [-0.2, -0.15) is 0 Å². The Morgan fingerprint density at radius 3 is 2.76 bits per heavy atom. The number of hydrogen-bond donors (Lipinski definition) is 1. The number of nitrogens with one attached hydrogen (secondary N) is 1. The molecular weight excluding hydrogens is 504 g/mol. The molecule has 0 radical (unpaired) electrons. The minimum Gasteiger partial charge on any atom is -0.344 e. The smallest absolute Gasteiger partial charge is 0.246 e. The molecule has 0 spiro atoms. The molecule has 8 heteroatoms. The van der Waals surface area contributed by atoms with Gasteiger partial charge >= 0.3 is 0 Å². The van der Waals surface area contributed by atoms with Crippen molar-refractivity contribution in [2.24, 2.45) is 11.8 Å². The second kappa shape index (κ2) is 11.5. The zero-order chi connectivity index (χ0) is 25.9. The molecule has 2 aliphatic rings. The minimum absolute atomic E-state index is 0.0108. The maximum atomic E-state index is 14.0. The van der Waals surface area contributed by atoms with Gasteiger partial charge in [0.25, 0.3) is 0 Å². The molecule has 2 fully saturated rings. The standard InChI is InChI=1S/C29H35ClN4O2S/c1-3-18(2)27(35)33-26(19-8-5-4-6-9-19)29(36)34-15-7-10-25(34)28-32-24(17-37-28)22-13-14-31-23-16-20(30)11-12-21(22)23/h11-14,16-19,25-26H,3-10,15H2,1-2H3,(H,33,35)/t18-,25+,26+/m1/s1. The maximum absolute atomic E-state index is 14.0. The Labute approximate surface area is 227 Å². The number of amides is 2. The summed E-state index contributed by atoms with van der Waals surface area (Å²) in [5, 5.41) is 7.87. The van der Waals surface area contributed by atoms with Crippen molar-refractivity contribution in [1.29, 1.82) is 0 Å². The van der Waals surface area contributed by atoms with Crippen molar-refractivity contribution in [2.45, 2.75) is 77.3 Å². The van der Waals surface area contributed by atoms with Crippen LogP contribution in [0.2, 0.25) is 5.02 Å². The molecule has 3 atom stereocenters. The summed E-state index contributed by atoms with van der Waals surface area (Å²) in [6.07, 6.45) is 9.83. The summed E-state index contributed by atoms with van der Waals surface area (Å²) in [5.41, 5.74) is 2.74. The molecule has 3 aromatic rings. The van der Waals surface area contributed by atoms with Crippen molar-refractivity contribution >= 4 is 45.7 Å². The molecule has 37 heavy (non-hydrogen) atoms. The molecule has 0 bridgehead atoms. The first-order valence-electron chi connectivity index (χ1n) is 13.6. The van der Waals surface area contributed by atoms with Crippen LogP contribution in [0.5, 0.6) is 0 Å². The van der Waals surface area contributed by atoms with Crippen molar-refractivity contribution in [3.8, 4) is 11.3 Å². The van der Waals surface area contributed by atoms with Crippen LogP contribution in [0.4, 0.5) is 0 Å². The average Bonchev–Trinajstić information content (AvgIpc) is 3.60. The van der Waals surface area contributed by atoms with Gasteiger partial charge in [0.05, 0.1) is 17.3 Å². The van der Waals surface area contributed by atoms with Gasteiger partial charge in [-0.05, 0) is 56.2 Å². The molecule has 1 aliphatic heterocycles. The SMILES string of the molecule is CC[C@@H](C)C(=O)N[C@H](C(=O)N1CCC[C@H]1c1nc(-c2ccnc3cc(Cl)ccc23)cs1)C1CCCCC1. The Hall–Kier alpha value is -2.51. The van der Waals surface area contributed by atoms with Crippen LogP contribution in [0.15, 0.2) is 35.8 Å². The molecule has 5 rings (SSSR count). The summed E-state index contributed by atoms with van der Waals surface area (Å²) in [7, 11) is 0. The van der Waals surface area contributed by atoms with Crippen LogP contribution < -0.4 is 5.32 Å². The molecule has 1 saturated heterocycles. The number of likely N-dealkylation sites (tertiary alicyclic amines) is 1. The van der Waals surface area contributed by atoms with Crippen molar-refractivity contribution in [1.82, 2.24) is 20.2 Å². The highest BCUT2D eigenvalue weighted by Gasteiger charge is 2.40. The van der Waals surface area contributed by atoms with Crippen molar-refractivity contribution < 1.29 is 9.59 Å². The van der Waals surface area contributed by atoms with Crippen LogP contribution >= 0.6 is 22.9 Å². The van der Waals surface area contributed by atoms with Gasteiger partial charge in [0.15, 0.2) is 0 Å². The fraction of sp³-hybridized carbons (Fsp3) is 0.517. The van der Waals surface area contributed by atoms with E-state index in [1.807, 2.05) is 43.0 Å².